The minimum absolute atomic E-state index is 0.0920. The van der Waals surface area contributed by atoms with Gasteiger partial charge in [-0.15, -0.1) is 0 Å². The van der Waals surface area contributed by atoms with Crippen molar-refractivity contribution in [1.29, 1.82) is 0 Å². The molecule has 0 bridgehead atoms. The first-order chi connectivity index (χ1) is 16.2. The van der Waals surface area contributed by atoms with Crippen LogP contribution in [-0.4, -0.2) is 43.0 Å². The maximum Gasteiger partial charge on any atom is 0.222 e. The molecule has 1 aromatic carbocycles. The smallest absolute Gasteiger partial charge is 0.222 e. The summed E-state index contributed by atoms with van der Waals surface area (Å²) in [5.74, 6) is 1.06. The van der Waals surface area contributed by atoms with Gasteiger partial charge in [0.05, 0.1) is 6.54 Å². The lowest BCUT2D eigenvalue weighted by Crippen LogP contribution is -2.40. The van der Waals surface area contributed by atoms with Crippen molar-refractivity contribution < 1.29 is 14.3 Å². The molecule has 0 aliphatic rings. The second-order valence-electron chi connectivity index (χ2n) is 8.93. The van der Waals surface area contributed by atoms with Crippen LogP contribution in [0.25, 0.3) is 0 Å². The Bertz CT molecular complexity index is 606. The van der Waals surface area contributed by atoms with E-state index >= 15 is 0 Å². The van der Waals surface area contributed by atoms with Crippen molar-refractivity contribution in [3.63, 3.8) is 0 Å². The molecule has 33 heavy (non-hydrogen) atoms. The summed E-state index contributed by atoms with van der Waals surface area (Å²) in [5.41, 5.74) is 0. The minimum atomic E-state index is 0.0920. The van der Waals surface area contributed by atoms with E-state index in [0.29, 0.717) is 39.1 Å². The number of carbonyl (C=O) groups excluding carboxylic acids is 2. The normalized spacial score (nSPS) is 10.7. The van der Waals surface area contributed by atoms with Gasteiger partial charge in [-0.2, -0.15) is 0 Å². The minimum Gasteiger partial charge on any atom is -0.492 e. The van der Waals surface area contributed by atoms with Gasteiger partial charge in [-0.3, -0.25) is 9.59 Å². The van der Waals surface area contributed by atoms with Crippen LogP contribution in [0, 0.1) is 0 Å². The molecule has 0 aliphatic carbocycles. The van der Waals surface area contributed by atoms with Gasteiger partial charge in [0.1, 0.15) is 12.4 Å². The van der Waals surface area contributed by atoms with Gasteiger partial charge >= 0.3 is 0 Å². The first-order valence-electron chi connectivity index (χ1n) is 13.4. The van der Waals surface area contributed by atoms with Gasteiger partial charge in [0, 0.05) is 25.9 Å². The molecular formula is C28H48N2O3. The maximum atomic E-state index is 12.8. The van der Waals surface area contributed by atoms with Gasteiger partial charge in [0.15, 0.2) is 0 Å². The number of nitrogens with zero attached hydrogens (tertiary/aromatic N) is 1. The number of hydrogen-bond donors (Lipinski definition) is 1. The van der Waals surface area contributed by atoms with E-state index in [1.54, 1.807) is 0 Å². The largest absolute Gasteiger partial charge is 0.492 e. The third-order valence-electron chi connectivity index (χ3n) is 5.93. The Hall–Kier alpha value is -2.04. The van der Waals surface area contributed by atoms with Crippen LogP contribution < -0.4 is 10.1 Å². The number of benzene rings is 1. The van der Waals surface area contributed by atoms with E-state index in [9.17, 15) is 9.59 Å². The lowest BCUT2D eigenvalue weighted by Gasteiger charge is -2.23. The van der Waals surface area contributed by atoms with Crippen molar-refractivity contribution in [3.8, 4) is 5.75 Å². The average Bonchev–Trinajstić information content (AvgIpc) is 2.83. The highest BCUT2D eigenvalue weighted by molar-refractivity contribution is 5.77. The van der Waals surface area contributed by atoms with Crippen molar-refractivity contribution in [2.45, 2.75) is 104 Å². The monoisotopic (exact) mass is 460 g/mol. The van der Waals surface area contributed by atoms with E-state index in [2.05, 4.69) is 19.2 Å². The van der Waals surface area contributed by atoms with E-state index in [4.69, 9.17) is 4.74 Å². The van der Waals surface area contributed by atoms with Crippen molar-refractivity contribution in [2.75, 3.05) is 26.2 Å². The number of hydrogen-bond acceptors (Lipinski definition) is 3. The predicted molar refractivity (Wildman–Crippen MR) is 138 cm³/mol. The Labute approximate surface area is 202 Å². The molecule has 188 valence electrons. The Morgan fingerprint density at radius 3 is 1.97 bits per heavy atom. The highest BCUT2D eigenvalue weighted by Gasteiger charge is 2.14. The third-order valence-corrected chi connectivity index (χ3v) is 5.93. The topological polar surface area (TPSA) is 58.6 Å². The first-order valence-corrected chi connectivity index (χ1v) is 13.4. The van der Waals surface area contributed by atoms with E-state index < -0.39 is 0 Å². The SMILES string of the molecule is CCCCCCCCC(=O)NCCN(CCOc1ccccc1)C(=O)CCCCCCCC. The molecule has 0 unspecified atom stereocenters. The predicted octanol–water partition coefficient (Wildman–Crippen LogP) is 6.51. The number of amides is 2. The van der Waals surface area contributed by atoms with Gasteiger partial charge in [-0.25, -0.2) is 0 Å². The molecule has 0 aliphatic heterocycles. The fraction of sp³-hybridized carbons (Fsp3) is 0.714. The molecule has 5 heteroatoms. The van der Waals surface area contributed by atoms with E-state index in [1.807, 2.05) is 35.2 Å². The van der Waals surface area contributed by atoms with E-state index in [-0.39, 0.29) is 11.8 Å². The molecule has 0 atom stereocenters. The highest BCUT2D eigenvalue weighted by atomic mass is 16.5. The molecule has 0 heterocycles. The van der Waals surface area contributed by atoms with Crippen LogP contribution in [-0.2, 0) is 9.59 Å². The Morgan fingerprint density at radius 1 is 0.758 bits per heavy atom. The number of rotatable bonds is 21. The number of carbonyl (C=O) groups is 2. The van der Waals surface area contributed by atoms with Gasteiger partial charge in [0.25, 0.3) is 0 Å². The molecule has 1 aromatic rings. The Balaban J connectivity index is 2.33. The summed E-state index contributed by atoms with van der Waals surface area (Å²) in [5, 5.41) is 2.99. The average molecular weight is 461 g/mol. The second-order valence-corrected chi connectivity index (χ2v) is 8.93. The fourth-order valence-corrected chi connectivity index (χ4v) is 3.85. The van der Waals surface area contributed by atoms with Gasteiger partial charge < -0.3 is 15.0 Å². The lowest BCUT2D eigenvalue weighted by atomic mass is 10.1. The van der Waals surface area contributed by atoms with Crippen molar-refractivity contribution in [2.24, 2.45) is 0 Å². The van der Waals surface area contributed by atoms with Crippen LogP contribution >= 0.6 is 0 Å². The van der Waals surface area contributed by atoms with Gasteiger partial charge in [-0.1, -0.05) is 96.3 Å². The van der Waals surface area contributed by atoms with Crippen LogP contribution in [0.1, 0.15) is 104 Å². The molecule has 0 aromatic heterocycles. The van der Waals surface area contributed by atoms with Gasteiger partial charge in [-0.05, 0) is 25.0 Å². The van der Waals surface area contributed by atoms with E-state index in [1.165, 1.54) is 51.4 Å². The molecule has 0 saturated carbocycles. The van der Waals surface area contributed by atoms with Crippen molar-refractivity contribution in [1.82, 2.24) is 10.2 Å². The number of nitrogens with one attached hydrogen (secondary N) is 1. The quantitative estimate of drug-likeness (QED) is 0.213. The summed E-state index contributed by atoms with van der Waals surface area (Å²) >= 11 is 0. The summed E-state index contributed by atoms with van der Waals surface area (Å²) in [6.45, 7) is 6.46. The molecule has 0 saturated heterocycles. The number of ether oxygens (including phenoxy) is 1. The zero-order valence-corrected chi connectivity index (χ0v) is 21.3. The zero-order valence-electron chi connectivity index (χ0n) is 21.3. The number of para-hydroxylation sites is 1. The summed E-state index contributed by atoms with van der Waals surface area (Å²) in [6.07, 6.45) is 15.2. The molecule has 1 rings (SSSR count). The summed E-state index contributed by atoms with van der Waals surface area (Å²) < 4.78 is 5.80. The van der Waals surface area contributed by atoms with Crippen molar-refractivity contribution >= 4 is 11.8 Å². The van der Waals surface area contributed by atoms with Crippen molar-refractivity contribution in [3.05, 3.63) is 30.3 Å². The van der Waals surface area contributed by atoms with Gasteiger partial charge in [0.2, 0.25) is 11.8 Å². The molecular weight excluding hydrogens is 412 g/mol. The van der Waals surface area contributed by atoms with Crippen LogP contribution in [0.2, 0.25) is 0 Å². The lowest BCUT2D eigenvalue weighted by molar-refractivity contribution is -0.132. The first kappa shape index (κ1) is 29.0. The molecule has 0 spiro atoms. The zero-order chi connectivity index (χ0) is 24.0. The summed E-state index contributed by atoms with van der Waals surface area (Å²) in [7, 11) is 0. The second kappa shape index (κ2) is 20.6. The number of unbranched alkanes of at least 4 members (excludes halogenated alkanes) is 10. The van der Waals surface area contributed by atoms with Crippen LogP contribution in [0.4, 0.5) is 0 Å². The summed E-state index contributed by atoms with van der Waals surface area (Å²) in [6, 6.07) is 9.68. The molecule has 0 radical (unpaired) electrons. The molecule has 1 N–H and O–H groups in total. The molecule has 5 nitrogen and oxygen atoms in total. The fourth-order valence-electron chi connectivity index (χ4n) is 3.85. The Kier molecular flexibility index (Phi) is 18.1. The van der Waals surface area contributed by atoms with Crippen LogP contribution in [0.15, 0.2) is 30.3 Å². The molecule has 0 fully saturated rings. The van der Waals surface area contributed by atoms with Crippen LogP contribution in [0.3, 0.4) is 0 Å². The maximum absolute atomic E-state index is 12.8. The summed E-state index contributed by atoms with van der Waals surface area (Å²) in [4.78, 5) is 26.8. The standard InChI is InChI=1S/C28H48N2O3/c1-3-5-7-9-11-16-20-27(31)29-22-23-30(24-25-33-26-18-14-13-15-19-26)28(32)21-17-12-10-8-6-4-2/h13-15,18-19H,3-12,16-17,20-25H2,1-2H3,(H,29,31). The highest BCUT2D eigenvalue weighted by Crippen LogP contribution is 2.11. The Morgan fingerprint density at radius 2 is 1.33 bits per heavy atom. The molecule has 2 amide bonds. The van der Waals surface area contributed by atoms with Crippen LogP contribution in [0.5, 0.6) is 5.75 Å². The third kappa shape index (κ3) is 16.3. The van der Waals surface area contributed by atoms with E-state index in [0.717, 1.165) is 31.4 Å².